The molecule has 1 rings (SSSR count). The molecule has 0 saturated heterocycles. The van der Waals surface area contributed by atoms with Crippen molar-refractivity contribution in [3.8, 4) is 0 Å². The minimum Gasteiger partial charge on any atom is -0.478 e. The predicted octanol–water partition coefficient (Wildman–Crippen LogP) is 2.47. The van der Waals surface area contributed by atoms with E-state index in [2.05, 4.69) is 5.32 Å². The summed E-state index contributed by atoms with van der Waals surface area (Å²) in [6.45, 7) is 6.82. The number of carboxylic acids is 1. The van der Waals surface area contributed by atoms with Crippen molar-refractivity contribution in [1.82, 2.24) is 5.32 Å². The standard InChI is InChI=1S/C16H22N2O6/c1-4-24-14(10(2)3)5-6-17-15(19)11-7-12(16(20)21)9-13(8-11)18(22)23/h7-10,14H,4-6H2,1-3H3,(H,17,19)(H,20,21). The van der Waals surface area contributed by atoms with Crippen LogP contribution in [0.1, 0.15) is 47.9 Å². The van der Waals surface area contributed by atoms with Crippen molar-refractivity contribution in [2.75, 3.05) is 13.2 Å². The van der Waals surface area contributed by atoms with E-state index in [0.717, 1.165) is 18.2 Å². The van der Waals surface area contributed by atoms with Gasteiger partial charge in [-0.25, -0.2) is 4.79 Å². The molecule has 0 spiro atoms. The van der Waals surface area contributed by atoms with Gasteiger partial charge in [0.2, 0.25) is 0 Å². The molecule has 0 saturated carbocycles. The number of nitrogens with one attached hydrogen (secondary N) is 1. The Morgan fingerprint density at radius 3 is 2.42 bits per heavy atom. The van der Waals surface area contributed by atoms with Crippen LogP contribution in [0.3, 0.4) is 0 Å². The number of benzene rings is 1. The van der Waals surface area contributed by atoms with Crippen LogP contribution >= 0.6 is 0 Å². The fraction of sp³-hybridized carbons (Fsp3) is 0.500. The third-order valence-electron chi connectivity index (χ3n) is 3.48. The molecule has 0 aromatic heterocycles. The third kappa shape index (κ3) is 5.62. The number of amides is 1. The van der Waals surface area contributed by atoms with Crippen LogP contribution in [0.4, 0.5) is 5.69 Å². The molecule has 0 bridgehead atoms. The molecule has 1 amide bonds. The van der Waals surface area contributed by atoms with Gasteiger partial charge in [-0.1, -0.05) is 13.8 Å². The first-order chi connectivity index (χ1) is 11.3. The number of aromatic carboxylic acids is 1. The SMILES string of the molecule is CCOC(CCNC(=O)c1cc(C(=O)O)cc([N+](=O)[O-])c1)C(C)C. The van der Waals surface area contributed by atoms with Crippen LogP contribution in [0.2, 0.25) is 0 Å². The Balaban J connectivity index is 2.80. The summed E-state index contributed by atoms with van der Waals surface area (Å²) in [5.41, 5.74) is -0.794. The molecule has 24 heavy (non-hydrogen) atoms. The van der Waals surface area contributed by atoms with Crippen molar-refractivity contribution in [3.63, 3.8) is 0 Å². The van der Waals surface area contributed by atoms with Crippen LogP contribution in [-0.2, 0) is 4.74 Å². The lowest BCUT2D eigenvalue weighted by Gasteiger charge is -2.20. The first kappa shape index (κ1) is 19.6. The van der Waals surface area contributed by atoms with Gasteiger partial charge in [-0.05, 0) is 25.3 Å². The molecule has 0 aliphatic rings. The summed E-state index contributed by atoms with van der Waals surface area (Å²) in [7, 11) is 0. The number of hydrogen-bond donors (Lipinski definition) is 2. The second-order valence-corrected chi connectivity index (χ2v) is 5.61. The van der Waals surface area contributed by atoms with Gasteiger partial charge < -0.3 is 15.2 Å². The monoisotopic (exact) mass is 338 g/mol. The first-order valence-electron chi connectivity index (χ1n) is 7.68. The Morgan fingerprint density at radius 1 is 1.29 bits per heavy atom. The lowest BCUT2D eigenvalue weighted by molar-refractivity contribution is -0.384. The average Bonchev–Trinajstić information content (AvgIpc) is 2.53. The lowest BCUT2D eigenvalue weighted by atomic mass is 10.0. The average molecular weight is 338 g/mol. The van der Waals surface area contributed by atoms with Crippen LogP contribution in [0.5, 0.6) is 0 Å². The molecule has 0 aliphatic carbocycles. The second-order valence-electron chi connectivity index (χ2n) is 5.61. The van der Waals surface area contributed by atoms with Gasteiger partial charge in [0.1, 0.15) is 0 Å². The van der Waals surface area contributed by atoms with E-state index in [0.29, 0.717) is 25.5 Å². The number of nitrogens with zero attached hydrogens (tertiary/aromatic N) is 1. The van der Waals surface area contributed by atoms with Gasteiger partial charge in [0.05, 0.1) is 16.6 Å². The number of carboxylic acid groups (broad SMARTS) is 1. The number of ether oxygens (including phenoxy) is 1. The Kier molecular flexibility index (Phi) is 7.31. The Bertz CT molecular complexity index is 582. The quantitative estimate of drug-likeness (QED) is 0.527. The number of nitro benzene ring substituents is 1. The number of rotatable bonds is 9. The van der Waals surface area contributed by atoms with Crippen LogP contribution in [-0.4, -0.2) is 41.2 Å². The van der Waals surface area contributed by atoms with E-state index in [1.54, 1.807) is 0 Å². The van der Waals surface area contributed by atoms with E-state index < -0.39 is 22.5 Å². The molecule has 1 aromatic rings. The van der Waals surface area contributed by atoms with Crippen molar-refractivity contribution in [3.05, 3.63) is 39.4 Å². The highest BCUT2D eigenvalue weighted by atomic mass is 16.6. The molecule has 1 aromatic carbocycles. The molecule has 0 heterocycles. The number of carbonyl (C=O) groups excluding carboxylic acids is 1. The molecule has 1 atom stereocenters. The summed E-state index contributed by atoms with van der Waals surface area (Å²) in [4.78, 5) is 33.3. The zero-order valence-electron chi connectivity index (χ0n) is 13.9. The maximum Gasteiger partial charge on any atom is 0.335 e. The van der Waals surface area contributed by atoms with Gasteiger partial charge >= 0.3 is 5.97 Å². The van der Waals surface area contributed by atoms with Crippen LogP contribution in [0.15, 0.2) is 18.2 Å². The van der Waals surface area contributed by atoms with Gasteiger partial charge in [0.25, 0.3) is 11.6 Å². The van der Waals surface area contributed by atoms with Crippen molar-refractivity contribution in [2.45, 2.75) is 33.3 Å². The van der Waals surface area contributed by atoms with E-state index in [4.69, 9.17) is 9.84 Å². The molecule has 1 unspecified atom stereocenters. The molecule has 8 nitrogen and oxygen atoms in total. The number of hydrogen-bond acceptors (Lipinski definition) is 5. The summed E-state index contributed by atoms with van der Waals surface area (Å²) in [6, 6.07) is 3.10. The highest BCUT2D eigenvalue weighted by Crippen LogP contribution is 2.18. The zero-order chi connectivity index (χ0) is 18.3. The topological polar surface area (TPSA) is 119 Å². The van der Waals surface area contributed by atoms with Gasteiger partial charge in [-0.15, -0.1) is 0 Å². The van der Waals surface area contributed by atoms with E-state index >= 15 is 0 Å². The van der Waals surface area contributed by atoms with Crippen molar-refractivity contribution in [2.24, 2.45) is 5.92 Å². The van der Waals surface area contributed by atoms with E-state index in [1.165, 1.54) is 0 Å². The van der Waals surface area contributed by atoms with Crippen molar-refractivity contribution >= 4 is 17.6 Å². The highest BCUT2D eigenvalue weighted by molar-refractivity contribution is 5.98. The van der Waals surface area contributed by atoms with Crippen LogP contribution in [0, 0.1) is 16.0 Å². The minimum atomic E-state index is -1.33. The second kappa shape index (κ2) is 8.97. The Labute approximate surface area is 140 Å². The maximum absolute atomic E-state index is 12.1. The van der Waals surface area contributed by atoms with Gasteiger partial charge in [-0.2, -0.15) is 0 Å². The Morgan fingerprint density at radius 2 is 1.92 bits per heavy atom. The summed E-state index contributed by atoms with van der Waals surface area (Å²) in [5.74, 6) is -1.59. The van der Waals surface area contributed by atoms with Crippen molar-refractivity contribution < 1.29 is 24.4 Å². The molecule has 0 fully saturated rings. The largest absolute Gasteiger partial charge is 0.478 e. The summed E-state index contributed by atoms with van der Waals surface area (Å²) in [5, 5.41) is 22.5. The molecular formula is C16H22N2O6. The molecule has 8 heteroatoms. The number of carbonyl (C=O) groups is 2. The molecule has 2 N–H and O–H groups in total. The maximum atomic E-state index is 12.1. The summed E-state index contributed by atoms with van der Waals surface area (Å²) in [6.07, 6.45) is 0.591. The Hall–Kier alpha value is -2.48. The number of nitro groups is 1. The van der Waals surface area contributed by atoms with Gasteiger partial charge in [0.15, 0.2) is 0 Å². The zero-order valence-corrected chi connectivity index (χ0v) is 13.9. The fourth-order valence-electron chi connectivity index (χ4n) is 2.22. The van der Waals surface area contributed by atoms with Crippen LogP contribution < -0.4 is 5.32 Å². The normalized spacial score (nSPS) is 12.0. The fourth-order valence-corrected chi connectivity index (χ4v) is 2.22. The molecule has 132 valence electrons. The third-order valence-corrected chi connectivity index (χ3v) is 3.48. The predicted molar refractivity (Wildman–Crippen MR) is 87.3 cm³/mol. The highest BCUT2D eigenvalue weighted by Gasteiger charge is 2.18. The van der Waals surface area contributed by atoms with Gasteiger partial charge in [0, 0.05) is 30.8 Å². The summed E-state index contributed by atoms with van der Waals surface area (Å²) < 4.78 is 5.57. The molecule has 0 aliphatic heterocycles. The van der Waals surface area contributed by atoms with E-state index in [1.807, 2.05) is 20.8 Å². The smallest absolute Gasteiger partial charge is 0.335 e. The lowest BCUT2D eigenvalue weighted by Crippen LogP contribution is -2.30. The van der Waals surface area contributed by atoms with Crippen molar-refractivity contribution in [1.29, 1.82) is 0 Å². The number of non-ortho nitro benzene ring substituents is 1. The summed E-state index contributed by atoms with van der Waals surface area (Å²) >= 11 is 0. The van der Waals surface area contributed by atoms with Gasteiger partial charge in [-0.3, -0.25) is 14.9 Å². The molecular weight excluding hydrogens is 316 g/mol. The first-order valence-corrected chi connectivity index (χ1v) is 7.68. The molecule has 0 radical (unpaired) electrons. The van der Waals surface area contributed by atoms with Crippen LogP contribution in [0.25, 0.3) is 0 Å². The minimum absolute atomic E-state index is 0.00464. The van der Waals surface area contributed by atoms with E-state index in [9.17, 15) is 19.7 Å². The van der Waals surface area contributed by atoms with E-state index in [-0.39, 0.29) is 17.2 Å².